The molecule has 0 nitrogen and oxygen atoms in total. The van der Waals surface area contributed by atoms with Crippen LogP contribution in [0, 0.1) is 0 Å². The molecule has 1 heteroatoms. The molecule has 0 aliphatic rings. The van der Waals surface area contributed by atoms with E-state index in [1.54, 1.807) is 0 Å². The third-order valence-corrected chi connectivity index (χ3v) is 17.0. The first-order valence-electron chi connectivity index (χ1n) is 20.2. The lowest BCUT2D eigenvalue weighted by Crippen LogP contribution is -2.64. The summed E-state index contributed by atoms with van der Waals surface area (Å²) in [5.74, 6) is 0. The van der Waals surface area contributed by atoms with E-state index in [0.29, 0.717) is 0 Å². The molecule has 0 spiro atoms. The number of benzene rings is 11. The van der Waals surface area contributed by atoms with Crippen LogP contribution in [0.2, 0.25) is 6.55 Å². The minimum Gasteiger partial charge on any atom is -0.0616 e. The second-order valence-electron chi connectivity index (χ2n) is 15.8. The fourth-order valence-corrected chi connectivity index (χ4v) is 13.1. The average Bonchev–Trinajstić information content (AvgIpc) is 3.30. The maximum atomic E-state index is 2.52. The zero-order valence-electron chi connectivity index (χ0n) is 32.4. The van der Waals surface area contributed by atoms with Crippen molar-refractivity contribution in [3.8, 4) is 33.4 Å². The Hall–Kier alpha value is -7.06. The van der Waals surface area contributed by atoms with Crippen LogP contribution >= 0.6 is 0 Å². The van der Waals surface area contributed by atoms with E-state index in [1.165, 1.54) is 103 Å². The van der Waals surface area contributed by atoms with Gasteiger partial charge in [0.05, 0.1) is 0 Å². The van der Waals surface area contributed by atoms with E-state index >= 15 is 0 Å². The minimum atomic E-state index is -2.39. The highest BCUT2D eigenvalue weighted by molar-refractivity contribution is 7.10. The summed E-state index contributed by atoms with van der Waals surface area (Å²) in [6.07, 6.45) is 0. The summed E-state index contributed by atoms with van der Waals surface area (Å²) in [5, 5.41) is 17.0. The van der Waals surface area contributed by atoms with Gasteiger partial charge in [-0.25, -0.2) is 0 Å². The average molecular weight is 753 g/mol. The van der Waals surface area contributed by atoms with Crippen molar-refractivity contribution in [2.45, 2.75) is 6.55 Å². The van der Waals surface area contributed by atoms with Crippen LogP contribution in [-0.4, -0.2) is 8.07 Å². The molecule has 0 bridgehead atoms. The second-order valence-corrected chi connectivity index (χ2v) is 19.8. The molecule has 0 aromatic heterocycles. The summed E-state index contributed by atoms with van der Waals surface area (Å²) in [6, 6.07) is 83.7. The van der Waals surface area contributed by atoms with Gasteiger partial charge in [-0.05, 0) is 103 Å². The highest BCUT2D eigenvalue weighted by atomic mass is 28.3. The van der Waals surface area contributed by atoms with Crippen molar-refractivity contribution in [3.63, 3.8) is 0 Å². The molecule has 0 fully saturated rings. The predicted molar refractivity (Wildman–Crippen MR) is 254 cm³/mol. The van der Waals surface area contributed by atoms with Crippen molar-refractivity contribution < 1.29 is 0 Å². The van der Waals surface area contributed by atoms with E-state index in [9.17, 15) is 0 Å². The van der Waals surface area contributed by atoms with E-state index in [2.05, 4.69) is 231 Å². The van der Waals surface area contributed by atoms with Gasteiger partial charge >= 0.3 is 0 Å². The summed E-state index contributed by atoms with van der Waals surface area (Å²) in [4.78, 5) is 0. The largest absolute Gasteiger partial charge is 0.145 e. The zero-order chi connectivity index (χ0) is 38.6. The van der Waals surface area contributed by atoms with Gasteiger partial charge in [0.2, 0.25) is 0 Å². The molecule has 0 heterocycles. The normalized spacial score (nSPS) is 11.9. The van der Waals surface area contributed by atoms with Gasteiger partial charge in [-0.3, -0.25) is 0 Å². The standard InChI is InChI=1S/C57H40Si/c1-58(48-35-31-39-13-2-4-16-45(39)37-48,49-36-32-40-14-3-5-17-46(40)38-49)47-33-29-42(30-34-47)41-25-27-44(28-26-41)56-52-20-8-10-22-54(52)57(55-23-11-9-21-53(55)56)51-24-12-18-43-15-6-7-19-50(43)51/h2-38H,1H3. The lowest BCUT2D eigenvalue weighted by Gasteiger charge is -2.30. The fraction of sp³-hybridized carbons (Fsp3) is 0.0175. The molecular formula is C57H40Si. The van der Waals surface area contributed by atoms with Crippen LogP contribution in [0.4, 0.5) is 0 Å². The second kappa shape index (κ2) is 13.8. The molecular weight excluding hydrogens is 713 g/mol. The Labute approximate surface area is 340 Å². The SMILES string of the molecule is C[Si](c1ccc(-c2ccc(-c3c4ccccc4c(-c4cccc5ccccc45)c4ccccc34)cc2)cc1)(c1ccc2ccccc2c1)c1ccc2ccccc2c1. The van der Waals surface area contributed by atoms with Gasteiger partial charge in [-0.2, -0.15) is 0 Å². The smallest absolute Gasteiger partial charge is 0.0616 e. The Morgan fingerprint density at radius 3 is 1.17 bits per heavy atom. The predicted octanol–water partition coefficient (Wildman–Crippen LogP) is 13.6. The van der Waals surface area contributed by atoms with E-state index in [-0.39, 0.29) is 0 Å². The van der Waals surface area contributed by atoms with Crippen LogP contribution < -0.4 is 15.6 Å². The van der Waals surface area contributed by atoms with Gasteiger partial charge < -0.3 is 0 Å². The van der Waals surface area contributed by atoms with Crippen molar-refractivity contribution in [3.05, 3.63) is 224 Å². The molecule has 272 valence electrons. The first kappa shape index (κ1) is 34.2. The molecule has 11 aromatic rings. The molecule has 11 aromatic carbocycles. The topological polar surface area (TPSA) is 0 Å². The summed E-state index contributed by atoms with van der Waals surface area (Å²) >= 11 is 0. The van der Waals surface area contributed by atoms with Crippen molar-refractivity contribution >= 4 is 77.5 Å². The summed E-state index contributed by atoms with van der Waals surface area (Å²) in [6.45, 7) is 2.52. The van der Waals surface area contributed by atoms with Crippen LogP contribution in [0.25, 0.3) is 87.2 Å². The monoisotopic (exact) mass is 752 g/mol. The maximum absolute atomic E-state index is 2.52. The van der Waals surface area contributed by atoms with E-state index in [4.69, 9.17) is 0 Å². The van der Waals surface area contributed by atoms with Crippen LogP contribution in [0.1, 0.15) is 0 Å². The zero-order valence-corrected chi connectivity index (χ0v) is 33.4. The fourth-order valence-electron chi connectivity index (χ4n) is 9.50. The molecule has 58 heavy (non-hydrogen) atoms. The number of rotatable bonds is 6. The number of hydrogen-bond acceptors (Lipinski definition) is 0. The molecule has 0 aliphatic carbocycles. The van der Waals surface area contributed by atoms with E-state index < -0.39 is 8.07 Å². The Kier molecular flexibility index (Phi) is 8.17. The third kappa shape index (κ3) is 5.58. The van der Waals surface area contributed by atoms with E-state index in [1.807, 2.05) is 0 Å². The third-order valence-electron chi connectivity index (χ3n) is 12.6. The molecule has 0 unspecified atom stereocenters. The van der Waals surface area contributed by atoms with Gasteiger partial charge in [0.1, 0.15) is 8.07 Å². The first-order valence-corrected chi connectivity index (χ1v) is 22.7. The highest BCUT2D eigenvalue weighted by Crippen LogP contribution is 2.45. The van der Waals surface area contributed by atoms with Crippen LogP contribution in [-0.2, 0) is 0 Å². The van der Waals surface area contributed by atoms with Gasteiger partial charge in [-0.15, -0.1) is 0 Å². The quantitative estimate of drug-likeness (QED) is 0.0901. The summed E-state index contributed by atoms with van der Waals surface area (Å²) in [7, 11) is -2.39. The Morgan fingerprint density at radius 2 is 0.638 bits per heavy atom. The first-order chi connectivity index (χ1) is 28.6. The Morgan fingerprint density at radius 1 is 0.259 bits per heavy atom. The molecule has 0 radical (unpaired) electrons. The molecule has 0 amide bonds. The maximum Gasteiger partial charge on any atom is 0.145 e. The summed E-state index contributed by atoms with van der Waals surface area (Å²) < 4.78 is 0. The highest BCUT2D eigenvalue weighted by Gasteiger charge is 2.34. The van der Waals surface area contributed by atoms with Crippen LogP contribution in [0.15, 0.2) is 224 Å². The van der Waals surface area contributed by atoms with Gasteiger partial charge in [-0.1, -0.05) is 231 Å². The van der Waals surface area contributed by atoms with Crippen molar-refractivity contribution in [1.29, 1.82) is 0 Å². The molecule has 11 rings (SSSR count). The molecule has 0 saturated heterocycles. The van der Waals surface area contributed by atoms with Crippen LogP contribution in [0.5, 0.6) is 0 Å². The lowest BCUT2D eigenvalue weighted by molar-refractivity contribution is 1.61. The summed E-state index contributed by atoms with van der Waals surface area (Å²) in [5.41, 5.74) is 7.53. The van der Waals surface area contributed by atoms with Gasteiger partial charge in [0.25, 0.3) is 0 Å². The number of hydrogen-bond donors (Lipinski definition) is 0. The molecule has 0 N–H and O–H groups in total. The molecule has 0 aliphatic heterocycles. The number of fused-ring (bicyclic) bond motifs is 5. The van der Waals surface area contributed by atoms with Gasteiger partial charge in [0, 0.05) is 0 Å². The Balaban J connectivity index is 1.01. The molecule has 0 saturated carbocycles. The van der Waals surface area contributed by atoms with E-state index in [0.717, 1.165) is 0 Å². The lowest BCUT2D eigenvalue weighted by atomic mass is 9.84. The Bertz CT molecular complexity index is 3200. The van der Waals surface area contributed by atoms with Crippen molar-refractivity contribution in [1.82, 2.24) is 0 Å². The van der Waals surface area contributed by atoms with Crippen LogP contribution in [0.3, 0.4) is 0 Å². The van der Waals surface area contributed by atoms with Gasteiger partial charge in [0.15, 0.2) is 0 Å². The molecule has 0 atom stereocenters. The van der Waals surface area contributed by atoms with Crippen molar-refractivity contribution in [2.75, 3.05) is 0 Å². The van der Waals surface area contributed by atoms with Crippen molar-refractivity contribution in [2.24, 2.45) is 0 Å². The minimum absolute atomic E-state index is 1.22.